The maximum Gasteiger partial charge on any atom is 0.270 e. The molecule has 1 aromatic carbocycles. The number of nitrogens with zero attached hydrogens (tertiary/aromatic N) is 1. The maximum absolute atomic E-state index is 11.7. The normalized spacial score (nSPS) is 10.0. The van der Waals surface area contributed by atoms with E-state index in [-0.39, 0.29) is 5.91 Å². The fourth-order valence-electron chi connectivity index (χ4n) is 1.78. The van der Waals surface area contributed by atoms with E-state index in [4.69, 9.17) is 0 Å². The number of nitrogens with one attached hydrogen (secondary N) is 2. The summed E-state index contributed by atoms with van der Waals surface area (Å²) in [5.41, 5.74) is 3.34. The van der Waals surface area contributed by atoms with Crippen LogP contribution in [0.5, 0.6) is 0 Å². The van der Waals surface area contributed by atoms with Crippen molar-refractivity contribution in [2.24, 2.45) is 0 Å². The largest absolute Gasteiger partial charge is 0.354 e. The highest BCUT2D eigenvalue weighted by molar-refractivity contribution is 9.10. The lowest BCUT2D eigenvalue weighted by molar-refractivity contribution is 0.0953. The zero-order valence-electron chi connectivity index (χ0n) is 11.7. The first-order valence-electron chi connectivity index (χ1n) is 6.48. The lowest BCUT2D eigenvalue weighted by Gasteiger charge is -2.10. The minimum atomic E-state index is -0.207. The number of aromatic nitrogens is 1. The van der Waals surface area contributed by atoms with Gasteiger partial charge in [0.2, 0.25) is 0 Å². The van der Waals surface area contributed by atoms with Gasteiger partial charge in [-0.25, -0.2) is 4.98 Å². The number of amides is 1. The Morgan fingerprint density at radius 2 is 2.19 bits per heavy atom. The number of rotatable bonds is 5. The van der Waals surface area contributed by atoms with E-state index in [1.807, 2.05) is 31.2 Å². The van der Waals surface area contributed by atoms with Crippen LogP contribution in [0.2, 0.25) is 0 Å². The number of carbonyl (C=O) groups excluding carboxylic acids is 1. The molecular weight excluding hydrogens is 330 g/mol. The minimum Gasteiger partial charge on any atom is -0.354 e. The molecule has 1 heterocycles. The summed E-state index contributed by atoms with van der Waals surface area (Å²) in [5, 5.41) is 5.97. The fraction of sp³-hybridized carbons (Fsp3) is 0.125. The lowest BCUT2D eigenvalue weighted by atomic mass is 10.2. The number of pyridine rings is 1. The van der Waals surface area contributed by atoms with Crippen molar-refractivity contribution in [1.29, 1.82) is 0 Å². The Bertz CT molecular complexity index is 653. The molecule has 2 aromatic rings. The highest BCUT2D eigenvalue weighted by atomic mass is 79.9. The smallest absolute Gasteiger partial charge is 0.270 e. The van der Waals surface area contributed by atoms with Crippen LogP contribution in [0.1, 0.15) is 16.1 Å². The molecule has 0 atom stereocenters. The Kier molecular flexibility index (Phi) is 5.11. The molecule has 108 valence electrons. The average Bonchev–Trinajstić information content (AvgIpc) is 2.48. The highest BCUT2D eigenvalue weighted by Crippen LogP contribution is 2.23. The number of hydrogen-bond acceptors (Lipinski definition) is 3. The monoisotopic (exact) mass is 345 g/mol. The second-order valence-corrected chi connectivity index (χ2v) is 5.43. The summed E-state index contributed by atoms with van der Waals surface area (Å²) in [5.74, 6) is -0.207. The molecule has 0 aliphatic rings. The molecule has 5 heteroatoms. The van der Waals surface area contributed by atoms with Gasteiger partial charge in [0.25, 0.3) is 5.91 Å². The van der Waals surface area contributed by atoms with E-state index in [0.29, 0.717) is 12.2 Å². The zero-order chi connectivity index (χ0) is 15.2. The molecule has 2 rings (SSSR count). The standard InChI is InChI=1S/C16H16BrN3O/c1-3-8-18-16(21)15-7-5-13(10-19-15)20-14-6-4-12(17)9-11(14)2/h3-7,9-10,20H,1,8H2,2H3,(H,18,21). The van der Waals surface area contributed by atoms with E-state index in [1.165, 1.54) is 0 Å². The van der Waals surface area contributed by atoms with Crippen molar-refractivity contribution in [2.45, 2.75) is 6.92 Å². The van der Waals surface area contributed by atoms with Crippen LogP contribution in [0.4, 0.5) is 11.4 Å². The SMILES string of the molecule is C=CCNC(=O)c1ccc(Nc2ccc(Br)cc2C)cn1. The van der Waals surface area contributed by atoms with E-state index >= 15 is 0 Å². The van der Waals surface area contributed by atoms with Crippen LogP contribution in [0.15, 0.2) is 53.7 Å². The quantitative estimate of drug-likeness (QED) is 0.810. The molecule has 1 aromatic heterocycles. The minimum absolute atomic E-state index is 0.207. The maximum atomic E-state index is 11.7. The van der Waals surface area contributed by atoms with Crippen LogP contribution in [0.25, 0.3) is 0 Å². The summed E-state index contributed by atoms with van der Waals surface area (Å²) in [6.07, 6.45) is 3.27. The molecule has 0 spiro atoms. The molecule has 2 N–H and O–H groups in total. The molecule has 4 nitrogen and oxygen atoms in total. The molecule has 0 saturated heterocycles. The Balaban J connectivity index is 2.08. The summed E-state index contributed by atoms with van der Waals surface area (Å²) < 4.78 is 1.04. The molecule has 0 fully saturated rings. The summed E-state index contributed by atoms with van der Waals surface area (Å²) in [6.45, 7) is 6.01. The van der Waals surface area contributed by atoms with Crippen molar-refractivity contribution in [3.63, 3.8) is 0 Å². The highest BCUT2D eigenvalue weighted by Gasteiger charge is 2.06. The van der Waals surface area contributed by atoms with Gasteiger partial charge in [-0.2, -0.15) is 0 Å². The van der Waals surface area contributed by atoms with Gasteiger partial charge in [-0.05, 0) is 42.8 Å². The van der Waals surface area contributed by atoms with E-state index < -0.39 is 0 Å². The molecule has 0 unspecified atom stereocenters. The van der Waals surface area contributed by atoms with Crippen molar-refractivity contribution in [2.75, 3.05) is 11.9 Å². The fourth-order valence-corrected chi connectivity index (χ4v) is 2.26. The van der Waals surface area contributed by atoms with Crippen LogP contribution < -0.4 is 10.6 Å². The first-order valence-corrected chi connectivity index (χ1v) is 7.28. The number of halogens is 1. The van der Waals surface area contributed by atoms with Crippen molar-refractivity contribution in [3.8, 4) is 0 Å². The van der Waals surface area contributed by atoms with Gasteiger partial charge in [0, 0.05) is 16.7 Å². The summed E-state index contributed by atoms with van der Waals surface area (Å²) in [7, 11) is 0. The van der Waals surface area contributed by atoms with Gasteiger partial charge < -0.3 is 10.6 Å². The van der Waals surface area contributed by atoms with E-state index in [2.05, 4.69) is 38.1 Å². The molecule has 0 radical (unpaired) electrons. The molecule has 0 saturated carbocycles. The number of anilines is 2. The van der Waals surface area contributed by atoms with Gasteiger partial charge in [0.15, 0.2) is 0 Å². The van der Waals surface area contributed by atoms with Crippen LogP contribution in [0.3, 0.4) is 0 Å². The third kappa shape index (κ3) is 4.16. The number of carbonyl (C=O) groups is 1. The van der Waals surface area contributed by atoms with Gasteiger partial charge in [-0.15, -0.1) is 6.58 Å². The Morgan fingerprint density at radius 3 is 2.81 bits per heavy atom. The van der Waals surface area contributed by atoms with Crippen molar-refractivity contribution in [3.05, 3.63) is 64.9 Å². The van der Waals surface area contributed by atoms with E-state index in [0.717, 1.165) is 21.4 Å². The molecule has 0 bridgehead atoms. The summed E-state index contributed by atoms with van der Waals surface area (Å²) in [4.78, 5) is 15.9. The van der Waals surface area contributed by atoms with Crippen molar-refractivity contribution >= 4 is 33.2 Å². The second kappa shape index (κ2) is 7.04. The Labute approximate surface area is 132 Å². The first-order chi connectivity index (χ1) is 10.1. The second-order valence-electron chi connectivity index (χ2n) is 4.52. The Morgan fingerprint density at radius 1 is 1.38 bits per heavy atom. The number of aryl methyl sites for hydroxylation is 1. The molecule has 0 aliphatic carbocycles. The third-order valence-corrected chi connectivity index (χ3v) is 3.36. The van der Waals surface area contributed by atoms with Gasteiger partial charge in [0.05, 0.1) is 11.9 Å². The van der Waals surface area contributed by atoms with Gasteiger partial charge in [0.1, 0.15) is 5.69 Å². The molecular formula is C16H16BrN3O. The topological polar surface area (TPSA) is 54.0 Å². The van der Waals surface area contributed by atoms with Crippen LogP contribution in [-0.2, 0) is 0 Å². The predicted octanol–water partition coefficient (Wildman–Crippen LogP) is 3.81. The summed E-state index contributed by atoms with van der Waals surface area (Å²) in [6, 6.07) is 9.52. The van der Waals surface area contributed by atoms with Crippen LogP contribution >= 0.6 is 15.9 Å². The average molecular weight is 346 g/mol. The Hall–Kier alpha value is -2.14. The molecule has 0 aliphatic heterocycles. The van der Waals surface area contributed by atoms with Crippen LogP contribution in [0, 0.1) is 6.92 Å². The first kappa shape index (κ1) is 15.3. The number of benzene rings is 1. The predicted molar refractivity (Wildman–Crippen MR) is 88.9 cm³/mol. The third-order valence-electron chi connectivity index (χ3n) is 2.87. The van der Waals surface area contributed by atoms with Gasteiger partial charge >= 0.3 is 0 Å². The van der Waals surface area contributed by atoms with E-state index in [1.54, 1.807) is 18.3 Å². The van der Waals surface area contributed by atoms with Gasteiger partial charge in [-0.3, -0.25) is 4.79 Å². The number of hydrogen-bond donors (Lipinski definition) is 2. The van der Waals surface area contributed by atoms with Crippen molar-refractivity contribution < 1.29 is 4.79 Å². The van der Waals surface area contributed by atoms with Crippen molar-refractivity contribution in [1.82, 2.24) is 10.3 Å². The lowest BCUT2D eigenvalue weighted by Crippen LogP contribution is -2.24. The van der Waals surface area contributed by atoms with Crippen LogP contribution in [-0.4, -0.2) is 17.4 Å². The zero-order valence-corrected chi connectivity index (χ0v) is 13.3. The van der Waals surface area contributed by atoms with E-state index in [9.17, 15) is 4.79 Å². The molecule has 21 heavy (non-hydrogen) atoms. The van der Waals surface area contributed by atoms with Gasteiger partial charge in [-0.1, -0.05) is 22.0 Å². The summed E-state index contributed by atoms with van der Waals surface area (Å²) >= 11 is 3.44. The molecule has 1 amide bonds.